The average Bonchev–Trinajstić information content (AvgIpc) is 2.70. The molecule has 1 saturated heterocycles. The Hall–Kier alpha value is -2.82. The van der Waals surface area contributed by atoms with Crippen LogP contribution >= 0.6 is 0 Å². The molecule has 0 bridgehead atoms. The number of amides is 2. The molecule has 3 rings (SSSR count). The third kappa shape index (κ3) is 4.67. The second-order valence-corrected chi connectivity index (χ2v) is 6.97. The standard InChI is InChI=1S/C22H27N3O2/c1-3-17-9-7-8-16(2)20(17)24-22(27)21(26)23-18-10-12-19(13-11-18)25-14-5-4-6-15-25/h7-13H,3-6,14-15H2,1-2H3,(H,23,26)(H,24,27). The van der Waals surface area contributed by atoms with E-state index in [1.54, 1.807) is 0 Å². The van der Waals surface area contributed by atoms with E-state index >= 15 is 0 Å². The molecule has 5 nitrogen and oxygen atoms in total. The third-order valence-corrected chi connectivity index (χ3v) is 5.03. The maximum atomic E-state index is 12.3. The van der Waals surface area contributed by atoms with Crippen molar-refractivity contribution in [2.45, 2.75) is 39.5 Å². The van der Waals surface area contributed by atoms with Gasteiger partial charge in [0.05, 0.1) is 0 Å². The van der Waals surface area contributed by atoms with Crippen molar-refractivity contribution >= 4 is 28.9 Å². The summed E-state index contributed by atoms with van der Waals surface area (Å²) in [5, 5.41) is 5.43. The molecule has 2 N–H and O–H groups in total. The number of piperidine rings is 1. The van der Waals surface area contributed by atoms with Crippen LogP contribution in [-0.4, -0.2) is 24.9 Å². The third-order valence-electron chi connectivity index (χ3n) is 5.03. The van der Waals surface area contributed by atoms with Crippen molar-refractivity contribution in [3.8, 4) is 0 Å². The van der Waals surface area contributed by atoms with Gasteiger partial charge in [0, 0.05) is 30.2 Å². The van der Waals surface area contributed by atoms with E-state index in [9.17, 15) is 9.59 Å². The summed E-state index contributed by atoms with van der Waals surface area (Å²) in [5.41, 5.74) is 4.46. The van der Waals surface area contributed by atoms with E-state index in [2.05, 4.69) is 15.5 Å². The number of nitrogens with one attached hydrogen (secondary N) is 2. The molecule has 1 aliphatic heterocycles. The molecule has 0 unspecified atom stereocenters. The lowest BCUT2D eigenvalue weighted by molar-refractivity contribution is -0.133. The molecule has 5 heteroatoms. The number of rotatable bonds is 4. The molecule has 2 amide bonds. The highest BCUT2D eigenvalue weighted by Gasteiger charge is 2.17. The first-order valence-corrected chi connectivity index (χ1v) is 9.64. The number of para-hydroxylation sites is 1. The monoisotopic (exact) mass is 365 g/mol. The molecule has 0 aromatic heterocycles. The van der Waals surface area contributed by atoms with Crippen LogP contribution in [0.2, 0.25) is 0 Å². The van der Waals surface area contributed by atoms with Crippen LogP contribution in [0.5, 0.6) is 0 Å². The molecule has 27 heavy (non-hydrogen) atoms. The van der Waals surface area contributed by atoms with Crippen molar-refractivity contribution in [3.63, 3.8) is 0 Å². The molecule has 1 aliphatic rings. The molecular formula is C22H27N3O2. The fourth-order valence-corrected chi connectivity index (χ4v) is 3.47. The molecule has 0 radical (unpaired) electrons. The fourth-order valence-electron chi connectivity index (χ4n) is 3.47. The SMILES string of the molecule is CCc1cccc(C)c1NC(=O)C(=O)Nc1ccc(N2CCCCC2)cc1. The maximum Gasteiger partial charge on any atom is 0.314 e. The minimum atomic E-state index is -0.661. The first kappa shape index (κ1) is 19.0. The van der Waals surface area contributed by atoms with Crippen LogP contribution in [0.3, 0.4) is 0 Å². The number of aryl methyl sites for hydroxylation is 2. The van der Waals surface area contributed by atoms with Gasteiger partial charge in [-0.15, -0.1) is 0 Å². The lowest BCUT2D eigenvalue weighted by atomic mass is 10.1. The van der Waals surface area contributed by atoms with Crippen LogP contribution in [0.4, 0.5) is 17.1 Å². The van der Waals surface area contributed by atoms with E-state index in [1.165, 1.54) is 19.3 Å². The Morgan fingerprint density at radius 3 is 2.26 bits per heavy atom. The molecule has 0 spiro atoms. The van der Waals surface area contributed by atoms with Gasteiger partial charge in [0.15, 0.2) is 0 Å². The van der Waals surface area contributed by atoms with Gasteiger partial charge in [-0.3, -0.25) is 9.59 Å². The van der Waals surface area contributed by atoms with Crippen LogP contribution < -0.4 is 15.5 Å². The fraction of sp³-hybridized carbons (Fsp3) is 0.364. The summed E-state index contributed by atoms with van der Waals surface area (Å²) in [6, 6.07) is 13.5. The number of anilines is 3. The van der Waals surface area contributed by atoms with Crippen molar-refractivity contribution in [3.05, 3.63) is 53.6 Å². The number of benzene rings is 2. The second kappa shape index (κ2) is 8.71. The smallest absolute Gasteiger partial charge is 0.314 e. The Morgan fingerprint density at radius 2 is 1.59 bits per heavy atom. The zero-order valence-corrected chi connectivity index (χ0v) is 16.0. The number of hydrogen-bond donors (Lipinski definition) is 2. The van der Waals surface area contributed by atoms with Gasteiger partial charge >= 0.3 is 11.8 Å². The van der Waals surface area contributed by atoms with E-state index < -0.39 is 11.8 Å². The Bertz CT molecular complexity index is 809. The first-order chi connectivity index (χ1) is 13.1. The predicted octanol–water partition coefficient (Wildman–Crippen LogP) is 4.12. The van der Waals surface area contributed by atoms with E-state index in [4.69, 9.17) is 0 Å². The molecule has 2 aromatic rings. The molecular weight excluding hydrogens is 338 g/mol. The zero-order chi connectivity index (χ0) is 19.2. The first-order valence-electron chi connectivity index (χ1n) is 9.64. The van der Waals surface area contributed by atoms with Gasteiger partial charge in [0.1, 0.15) is 0 Å². The summed E-state index contributed by atoms with van der Waals surface area (Å²) in [5.74, 6) is -1.31. The van der Waals surface area contributed by atoms with Crippen molar-refractivity contribution in [2.24, 2.45) is 0 Å². The van der Waals surface area contributed by atoms with Gasteiger partial charge < -0.3 is 15.5 Å². The van der Waals surface area contributed by atoms with Gasteiger partial charge in [-0.1, -0.05) is 25.1 Å². The summed E-state index contributed by atoms with van der Waals surface area (Å²) in [6.07, 6.45) is 4.52. The average molecular weight is 365 g/mol. The number of nitrogens with zero attached hydrogens (tertiary/aromatic N) is 1. The van der Waals surface area contributed by atoms with Crippen LogP contribution in [0, 0.1) is 6.92 Å². The summed E-state index contributed by atoms with van der Waals surface area (Å²) < 4.78 is 0. The molecule has 0 saturated carbocycles. The van der Waals surface area contributed by atoms with E-state index in [0.29, 0.717) is 5.69 Å². The molecule has 1 fully saturated rings. The zero-order valence-electron chi connectivity index (χ0n) is 16.0. The highest BCUT2D eigenvalue weighted by atomic mass is 16.2. The number of hydrogen-bond acceptors (Lipinski definition) is 3. The summed E-state index contributed by atoms with van der Waals surface area (Å²) in [4.78, 5) is 27.0. The van der Waals surface area contributed by atoms with Crippen LogP contribution in [0.1, 0.15) is 37.3 Å². The summed E-state index contributed by atoms with van der Waals surface area (Å²) in [6.45, 7) is 6.09. The molecule has 0 aliphatic carbocycles. The van der Waals surface area contributed by atoms with E-state index in [0.717, 1.165) is 42.0 Å². The van der Waals surface area contributed by atoms with Gasteiger partial charge in [-0.2, -0.15) is 0 Å². The normalized spacial score (nSPS) is 13.9. The van der Waals surface area contributed by atoms with Crippen molar-refractivity contribution in [1.29, 1.82) is 0 Å². The van der Waals surface area contributed by atoms with Crippen LogP contribution in [-0.2, 0) is 16.0 Å². The van der Waals surface area contributed by atoms with E-state index in [-0.39, 0.29) is 0 Å². The van der Waals surface area contributed by atoms with E-state index in [1.807, 2.05) is 56.3 Å². The van der Waals surface area contributed by atoms with Gasteiger partial charge in [0.2, 0.25) is 0 Å². The van der Waals surface area contributed by atoms with Gasteiger partial charge in [0.25, 0.3) is 0 Å². The van der Waals surface area contributed by atoms with Crippen molar-refractivity contribution in [1.82, 2.24) is 0 Å². The lowest BCUT2D eigenvalue weighted by Crippen LogP contribution is -2.30. The molecule has 0 atom stereocenters. The summed E-state index contributed by atoms with van der Waals surface area (Å²) in [7, 11) is 0. The van der Waals surface area contributed by atoms with Gasteiger partial charge in [-0.05, 0) is 68.0 Å². The largest absolute Gasteiger partial charge is 0.372 e. The van der Waals surface area contributed by atoms with Crippen LogP contribution in [0.25, 0.3) is 0 Å². The maximum absolute atomic E-state index is 12.3. The lowest BCUT2D eigenvalue weighted by Gasteiger charge is -2.28. The van der Waals surface area contributed by atoms with Crippen molar-refractivity contribution < 1.29 is 9.59 Å². The predicted molar refractivity (Wildman–Crippen MR) is 110 cm³/mol. The molecule has 2 aromatic carbocycles. The van der Waals surface area contributed by atoms with Crippen LogP contribution in [0.15, 0.2) is 42.5 Å². The summed E-state index contributed by atoms with van der Waals surface area (Å²) >= 11 is 0. The quantitative estimate of drug-likeness (QED) is 0.801. The highest BCUT2D eigenvalue weighted by molar-refractivity contribution is 6.43. The second-order valence-electron chi connectivity index (χ2n) is 6.97. The topological polar surface area (TPSA) is 61.4 Å². The van der Waals surface area contributed by atoms with Gasteiger partial charge in [-0.25, -0.2) is 0 Å². The van der Waals surface area contributed by atoms with Crippen molar-refractivity contribution in [2.75, 3.05) is 28.6 Å². The number of carbonyl (C=O) groups excluding carboxylic acids is 2. The Kier molecular flexibility index (Phi) is 6.12. The molecule has 142 valence electrons. The Morgan fingerprint density at radius 1 is 0.926 bits per heavy atom. The minimum Gasteiger partial charge on any atom is -0.372 e. The highest BCUT2D eigenvalue weighted by Crippen LogP contribution is 2.23. The Balaban J connectivity index is 1.62. The molecule has 1 heterocycles. The Labute approximate surface area is 160 Å². The number of carbonyl (C=O) groups is 2. The minimum absolute atomic E-state index is 0.622.